The zero-order chi connectivity index (χ0) is 33.7. The number of rotatable bonds is 19. The summed E-state index contributed by atoms with van der Waals surface area (Å²) >= 11 is 8.34. The Bertz CT molecular complexity index is 1470. The van der Waals surface area contributed by atoms with Crippen LogP contribution in [0.4, 0.5) is 16.3 Å². The van der Waals surface area contributed by atoms with Crippen molar-refractivity contribution in [3.8, 4) is 0 Å². The van der Waals surface area contributed by atoms with E-state index in [0.29, 0.717) is 24.5 Å². The van der Waals surface area contributed by atoms with Crippen molar-refractivity contribution in [3.63, 3.8) is 0 Å². The third-order valence-electron chi connectivity index (χ3n) is 9.90. The Kier molecular flexibility index (Phi) is 14.2. The van der Waals surface area contributed by atoms with E-state index in [9.17, 15) is 9.59 Å². The molecule has 5 rings (SSSR count). The molecule has 10 heteroatoms. The zero-order valence-electron chi connectivity index (χ0n) is 29.1. The van der Waals surface area contributed by atoms with Gasteiger partial charge in [0.2, 0.25) is 5.91 Å². The summed E-state index contributed by atoms with van der Waals surface area (Å²) < 4.78 is 11.6. The summed E-state index contributed by atoms with van der Waals surface area (Å²) in [7, 11) is 0. The van der Waals surface area contributed by atoms with Crippen LogP contribution in [-0.4, -0.2) is 78.7 Å². The van der Waals surface area contributed by atoms with Gasteiger partial charge in [0, 0.05) is 56.2 Å². The minimum atomic E-state index is -0.364. The van der Waals surface area contributed by atoms with E-state index in [-0.39, 0.29) is 18.7 Å². The van der Waals surface area contributed by atoms with Crippen LogP contribution in [0, 0.1) is 0 Å². The Morgan fingerprint density at radius 2 is 1.62 bits per heavy atom. The summed E-state index contributed by atoms with van der Waals surface area (Å²) in [4.78, 5) is 34.0. The Morgan fingerprint density at radius 3 is 2.33 bits per heavy atom. The van der Waals surface area contributed by atoms with Gasteiger partial charge in [0.1, 0.15) is 5.82 Å². The summed E-state index contributed by atoms with van der Waals surface area (Å²) in [6, 6.07) is 12.4. The minimum Gasteiger partial charge on any atom is -0.428 e. The van der Waals surface area contributed by atoms with Crippen LogP contribution >= 0.6 is 23.1 Å². The molecular formula is C38H54ClN5O3S. The fourth-order valence-corrected chi connectivity index (χ4v) is 7.94. The summed E-state index contributed by atoms with van der Waals surface area (Å²) in [5.41, 5.74) is 2.75. The molecule has 262 valence electrons. The van der Waals surface area contributed by atoms with E-state index in [1.807, 2.05) is 13.0 Å². The third kappa shape index (κ3) is 9.85. The van der Waals surface area contributed by atoms with Crippen molar-refractivity contribution >= 4 is 56.7 Å². The molecule has 48 heavy (non-hydrogen) atoms. The second-order valence-corrected chi connectivity index (χ2v) is 14.5. The first-order valence-electron chi connectivity index (χ1n) is 18.3. The van der Waals surface area contributed by atoms with E-state index in [1.165, 1.54) is 67.9 Å². The van der Waals surface area contributed by atoms with Gasteiger partial charge in [0.25, 0.3) is 0 Å². The van der Waals surface area contributed by atoms with Gasteiger partial charge in [0.15, 0.2) is 6.73 Å². The topological polar surface area (TPSA) is 69.2 Å². The van der Waals surface area contributed by atoms with Crippen LogP contribution in [0.5, 0.6) is 0 Å². The Balaban J connectivity index is 1.02. The van der Waals surface area contributed by atoms with Crippen molar-refractivity contribution in [2.24, 2.45) is 0 Å². The highest BCUT2D eigenvalue weighted by Gasteiger charge is 2.30. The second kappa shape index (κ2) is 18.8. The summed E-state index contributed by atoms with van der Waals surface area (Å²) in [5.74, 6) is 1.04. The van der Waals surface area contributed by atoms with E-state index < -0.39 is 0 Å². The Labute approximate surface area is 296 Å². The molecule has 1 fully saturated rings. The predicted octanol–water partition coefficient (Wildman–Crippen LogP) is 8.93. The largest absolute Gasteiger partial charge is 0.428 e. The standard InChI is InChI=1S/C38H54ClN5O3S/c1-3-5-6-7-8-9-10-11-12-13-16-20-42(4-2)38(46)47-29-44-34-28-33(39)30(26-31(34)27-36(44)45)19-21-41-22-24-43(25-23-41)37-32-17-14-15-18-35(32)48-40-37/h14-15,17-18,26,28H,3-13,16,19-25,27,29H2,1-2H3. The van der Waals surface area contributed by atoms with E-state index in [4.69, 9.17) is 20.7 Å². The lowest BCUT2D eigenvalue weighted by Gasteiger charge is -2.35. The number of hydrogen-bond acceptors (Lipinski definition) is 7. The molecule has 3 aromatic rings. The monoisotopic (exact) mass is 695 g/mol. The van der Waals surface area contributed by atoms with Gasteiger partial charge in [-0.25, -0.2) is 4.79 Å². The lowest BCUT2D eigenvalue weighted by atomic mass is 10.1. The van der Waals surface area contributed by atoms with Gasteiger partial charge < -0.3 is 14.5 Å². The number of nitrogens with zero attached hydrogens (tertiary/aromatic N) is 5. The Hall–Kier alpha value is -2.88. The van der Waals surface area contributed by atoms with Gasteiger partial charge in [0.05, 0.1) is 16.8 Å². The molecule has 0 spiro atoms. The maximum Gasteiger partial charge on any atom is 0.411 e. The SMILES string of the molecule is CCCCCCCCCCCCCN(CC)C(=O)OCN1C(=O)Cc2cc(CCN3CCN(c4nsc5ccccc45)CC3)c(Cl)cc21. The molecule has 8 nitrogen and oxygen atoms in total. The molecule has 0 saturated carbocycles. The lowest BCUT2D eigenvalue weighted by molar-refractivity contribution is -0.118. The van der Waals surface area contributed by atoms with E-state index in [2.05, 4.69) is 47.1 Å². The van der Waals surface area contributed by atoms with Gasteiger partial charge in [-0.1, -0.05) is 101 Å². The lowest BCUT2D eigenvalue weighted by Crippen LogP contribution is -2.47. The second-order valence-electron chi connectivity index (χ2n) is 13.3. The predicted molar refractivity (Wildman–Crippen MR) is 200 cm³/mol. The minimum absolute atomic E-state index is 0.0647. The number of ether oxygens (including phenoxy) is 1. The van der Waals surface area contributed by atoms with Crippen molar-refractivity contribution in [1.29, 1.82) is 0 Å². The van der Waals surface area contributed by atoms with Crippen LogP contribution in [0.2, 0.25) is 5.02 Å². The molecule has 2 aliphatic rings. The molecule has 0 radical (unpaired) electrons. The molecule has 3 heterocycles. The normalized spacial score (nSPS) is 15.0. The average Bonchev–Trinajstić information content (AvgIpc) is 3.66. The molecule has 2 aliphatic heterocycles. The number of benzene rings is 2. The number of carbonyl (C=O) groups excluding carboxylic acids is 2. The quantitative estimate of drug-likeness (QED) is 0.117. The molecule has 0 bridgehead atoms. The molecule has 1 saturated heterocycles. The van der Waals surface area contributed by atoms with Crippen molar-refractivity contribution < 1.29 is 14.3 Å². The number of anilines is 2. The number of fused-ring (bicyclic) bond motifs is 2. The summed E-state index contributed by atoms with van der Waals surface area (Å²) in [6.45, 7) is 10.2. The Morgan fingerprint density at radius 1 is 0.938 bits per heavy atom. The first-order chi connectivity index (χ1) is 23.5. The number of hydrogen-bond donors (Lipinski definition) is 0. The van der Waals surface area contributed by atoms with Gasteiger partial charge in [-0.15, -0.1) is 0 Å². The van der Waals surface area contributed by atoms with Crippen LogP contribution in [0.1, 0.15) is 95.6 Å². The number of unbranched alkanes of at least 4 members (excludes halogenated alkanes) is 10. The molecule has 0 unspecified atom stereocenters. The van der Waals surface area contributed by atoms with E-state index >= 15 is 0 Å². The highest BCUT2D eigenvalue weighted by atomic mass is 35.5. The fraction of sp³-hybridized carbons (Fsp3) is 0.605. The van der Waals surface area contributed by atoms with Crippen molar-refractivity contribution in [2.75, 3.05) is 62.3 Å². The van der Waals surface area contributed by atoms with Crippen molar-refractivity contribution in [2.45, 2.75) is 97.3 Å². The number of halogens is 1. The van der Waals surface area contributed by atoms with Crippen LogP contribution in [0.25, 0.3) is 10.1 Å². The molecule has 2 aromatic carbocycles. The van der Waals surface area contributed by atoms with Crippen LogP contribution in [0.3, 0.4) is 0 Å². The highest BCUT2D eigenvalue weighted by Crippen LogP contribution is 2.35. The number of amides is 2. The zero-order valence-corrected chi connectivity index (χ0v) is 30.6. The van der Waals surface area contributed by atoms with Gasteiger partial charge in [-0.05, 0) is 60.6 Å². The van der Waals surface area contributed by atoms with Gasteiger partial charge in [-0.2, -0.15) is 4.37 Å². The van der Waals surface area contributed by atoms with Gasteiger partial charge in [-0.3, -0.25) is 14.6 Å². The van der Waals surface area contributed by atoms with Crippen molar-refractivity contribution in [1.82, 2.24) is 14.2 Å². The number of aromatic nitrogens is 1. The maximum atomic E-state index is 13.0. The summed E-state index contributed by atoms with van der Waals surface area (Å²) in [6.07, 6.45) is 14.8. The molecule has 1 aromatic heterocycles. The number of carbonyl (C=O) groups is 2. The highest BCUT2D eigenvalue weighted by molar-refractivity contribution is 7.13. The summed E-state index contributed by atoms with van der Waals surface area (Å²) in [5, 5.41) is 1.89. The molecule has 0 N–H and O–H groups in total. The van der Waals surface area contributed by atoms with E-state index in [1.54, 1.807) is 21.3 Å². The molecule has 0 atom stereocenters. The van der Waals surface area contributed by atoms with Crippen LogP contribution in [-0.2, 0) is 22.4 Å². The van der Waals surface area contributed by atoms with Crippen LogP contribution in [0.15, 0.2) is 36.4 Å². The third-order valence-corrected chi connectivity index (χ3v) is 11.1. The molecule has 0 aliphatic carbocycles. The van der Waals surface area contributed by atoms with E-state index in [0.717, 1.165) is 74.6 Å². The average molecular weight is 696 g/mol. The van der Waals surface area contributed by atoms with Crippen LogP contribution < -0.4 is 9.80 Å². The van der Waals surface area contributed by atoms with Crippen molar-refractivity contribution in [3.05, 3.63) is 52.5 Å². The maximum absolute atomic E-state index is 13.0. The molecular weight excluding hydrogens is 642 g/mol. The first-order valence-corrected chi connectivity index (χ1v) is 19.5. The smallest absolute Gasteiger partial charge is 0.411 e. The molecule has 2 amide bonds. The first kappa shape index (κ1) is 36.4. The van der Waals surface area contributed by atoms with Gasteiger partial charge >= 0.3 is 6.09 Å². The number of piperazine rings is 1. The fourth-order valence-electron chi connectivity index (χ4n) is 6.90.